The van der Waals surface area contributed by atoms with E-state index < -0.39 is 0 Å². The second-order valence-electron chi connectivity index (χ2n) is 3.77. The van der Waals surface area contributed by atoms with E-state index in [2.05, 4.69) is 21.9 Å². The van der Waals surface area contributed by atoms with Gasteiger partial charge in [0.05, 0.1) is 13.2 Å². The topological polar surface area (TPSA) is 97.4 Å². The Morgan fingerprint density at radius 2 is 2.00 bits per heavy atom. The molecule has 0 aliphatic rings. The molecule has 3 N–H and O–H groups in total. The normalized spacial score (nSPS) is 10.4. The van der Waals surface area contributed by atoms with E-state index in [0.29, 0.717) is 19.1 Å². The van der Waals surface area contributed by atoms with E-state index in [0.717, 1.165) is 19.4 Å². The fraction of sp³-hybridized carbons (Fsp3) is 0.727. The first-order valence-electron chi connectivity index (χ1n) is 6.21. The molecule has 0 spiro atoms. The highest BCUT2D eigenvalue weighted by Crippen LogP contribution is 2.14. The molecule has 0 amide bonds. The number of anilines is 2. The Hall–Kier alpha value is -1.63. The van der Waals surface area contributed by atoms with Crippen LogP contribution in [0, 0.1) is 0 Å². The number of aliphatic hydroxyl groups is 1. The molecule has 0 aliphatic carbocycles. The number of nitrogens with two attached hydrogens (primary N) is 1. The number of ether oxygens (including phenoxy) is 1. The Balaban J connectivity index is 2.87. The van der Waals surface area contributed by atoms with Gasteiger partial charge < -0.3 is 20.5 Å². The average Bonchev–Trinajstić information content (AvgIpc) is 2.34. The Bertz CT molecular complexity index is 361. The standard InChI is InChI=1S/C11H21N5O2/c1-3-5-6-16(7-8-17)10-13-9(12)14-11(15-10)18-4-2/h17H,3-8H2,1-2H3,(H2,12,13,14,15). The molecule has 0 fully saturated rings. The van der Waals surface area contributed by atoms with Crippen molar-refractivity contribution < 1.29 is 9.84 Å². The first-order chi connectivity index (χ1) is 8.71. The quantitative estimate of drug-likeness (QED) is 0.696. The summed E-state index contributed by atoms with van der Waals surface area (Å²) < 4.78 is 5.23. The highest BCUT2D eigenvalue weighted by atomic mass is 16.5. The largest absolute Gasteiger partial charge is 0.464 e. The minimum atomic E-state index is 0.0409. The van der Waals surface area contributed by atoms with E-state index in [1.807, 2.05) is 11.8 Å². The third-order valence-corrected chi connectivity index (χ3v) is 2.33. The fourth-order valence-electron chi connectivity index (χ4n) is 1.48. The van der Waals surface area contributed by atoms with Crippen LogP contribution in [-0.2, 0) is 0 Å². The van der Waals surface area contributed by atoms with Crippen LogP contribution in [0.2, 0.25) is 0 Å². The van der Waals surface area contributed by atoms with Crippen LogP contribution in [0.25, 0.3) is 0 Å². The van der Waals surface area contributed by atoms with Gasteiger partial charge in [0.15, 0.2) is 0 Å². The van der Waals surface area contributed by atoms with Crippen molar-refractivity contribution in [3.05, 3.63) is 0 Å². The van der Waals surface area contributed by atoms with Crippen molar-refractivity contribution >= 4 is 11.9 Å². The number of unbranched alkanes of at least 4 members (excludes halogenated alkanes) is 1. The van der Waals surface area contributed by atoms with Crippen molar-refractivity contribution in [2.24, 2.45) is 0 Å². The van der Waals surface area contributed by atoms with Crippen molar-refractivity contribution in [2.45, 2.75) is 26.7 Å². The summed E-state index contributed by atoms with van der Waals surface area (Å²) in [5, 5.41) is 9.06. The van der Waals surface area contributed by atoms with Crippen LogP contribution >= 0.6 is 0 Å². The lowest BCUT2D eigenvalue weighted by Gasteiger charge is -2.21. The van der Waals surface area contributed by atoms with Gasteiger partial charge in [0.1, 0.15) is 0 Å². The molecule has 1 heterocycles. The number of aromatic nitrogens is 3. The summed E-state index contributed by atoms with van der Waals surface area (Å²) in [7, 11) is 0. The van der Waals surface area contributed by atoms with Gasteiger partial charge in [-0.2, -0.15) is 15.0 Å². The lowest BCUT2D eigenvalue weighted by molar-refractivity contribution is 0.298. The minimum Gasteiger partial charge on any atom is -0.464 e. The summed E-state index contributed by atoms with van der Waals surface area (Å²) >= 11 is 0. The maximum atomic E-state index is 9.06. The van der Waals surface area contributed by atoms with E-state index >= 15 is 0 Å². The van der Waals surface area contributed by atoms with Crippen molar-refractivity contribution in [3.8, 4) is 6.01 Å². The van der Waals surface area contributed by atoms with E-state index in [4.69, 9.17) is 15.6 Å². The van der Waals surface area contributed by atoms with Crippen LogP contribution < -0.4 is 15.4 Å². The Morgan fingerprint density at radius 3 is 2.61 bits per heavy atom. The zero-order chi connectivity index (χ0) is 13.4. The SMILES string of the molecule is CCCCN(CCO)c1nc(N)nc(OCC)n1. The molecule has 0 unspecified atom stereocenters. The minimum absolute atomic E-state index is 0.0409. The third kappa shape index (κ3) is 4.33. The molecule has 0 saturated heterocycles. The Morgan fingerprint density at radius 1 is 1.22 bits per heavy atom. The summed E-state index contributed by atoms with van der Waals surface area (Å²) in [6.45, 7) is 5.70. The first kappa shape index (κ1) is 14.4. The lowest BCUT2D eigenvalue weighted by Crippen LogP contribution is -2.30. The van der Waals surface area contributed by atoms with E-state index in [1.165, 1.54) is 0 Å². The lowest BCUT2D eigenvalue weighted by atomic mass is 10.3. The van der Waals surface area contributed by atoms with E-state index in [-0.39, 0.29) is 18.6 Å². The predicted molar refractivity (Wildman–Crippen MR) is 69.6 cm³/mol. The first-order valence-corrected chi connectivity index (χ1v) is 6.21. The van der Waals surface area contributed by atoms with Gasteiger partial charge in [-0.05, 0) is 13.3 Å². The molecule has 0 atom stereocenters. The smallest absolute Gasteiger partial charge is 0.323 e. The molecule has 102 valence electrons. The third-order valence-electron chi connectivity index (χ3n) is 2.33. The van der Waals surface area contributed by atoms with Crippen molar-refractivity contribution in [2.75, 3.05) is 36.9 Å². The molecular formula is C11H21N5O2. The second-order valence-corrected chi connectivity index (χ2v) is 3.77. The number of hydrogen-bond donors (Lipinski definition) is 2. The monoisotopic (exact) mass is 255 g/mol. The molecule has 18 heavy (non-hydrogen) atoms. The molecular weight excluding hydrogens is 234 g/mol. The number of nitrogens with zero attached hydrogens (tertiary/aromatic N) is 4. The second kappa shape index (κ2) is 7.65. The van der Waals surface area contributed by atoms with E-state index in [1.54, 1.807) is 0 Å². The zero-order valence-electron chi connectivity index (χ0n) is 11.0. The van der Waals surface area contributed by atoms with Crippen molar-refractivity contribution in [1.29, 1.82) is 0 Å². The Kier molecular flexibility index (Phi) is 6.13. The van der Waals surface area contributed by atoms with Gasteiger partial charge in [-0.1, -0.05) is 13.3 Å². The predicted octanol–water partition coefficient (Wildman–Crippen LogP) is 0.451. The van der Waals surface area contributed by atoms with Crippen molar-refractivity contribution in [3.63, 3.8) is 0 Å². The van der Waals surface area contributed by atoms with Gasteiger partial charge in [-0.15, -0.1) is 0 Å². The van der Waals surface area contributed by atoms with Gasteiger partial charge >= 0.3 is 6.01 Å². The van der Waals surface area contributed by atoms with Crippen LogP contribution in [0.3, 0.4) is 0 Å². The van der Waals surface area contributed by atoms with Gasteiger partial charge in [0, 0.05) is 13.1 Å². The molecule has 0 bridgehead atoms. The zero-order valence-corrected chi connectivity index (χ0v) is 11.0. The number of hydrogen-bond acceptors (Lipinski definition) is 7. The van der Waals surface area contributed by atoms with Crippen LogP contribution in [0.5, 0.6) is 6.01 Å². The highest BCUT2D eigenvalue weighted by Gasteiger charge is 2.12. The van der Waals surface area contributed by atoms with Gasteiger partial charge in [-0.3, -0.25) is 0 Å². The summed E-state index contributed by atoms with van der Waals surface area (Å²) in [6.07, 6.45) is 2.05. The summed E-state index contributed by atoms with van der Waals surface area (Å²) in [4.78, 5) is 14.0. The molecule has 0 aromatic carbocycles. The molecule has 0 aliphatic heterocycles. The van der Waals surface area contributed by atoms with Gasteiger partial charge in [0.25, 0.3) is 0 Å². The number of rotatable bonds is 8. The highest BCUT2D eigenvalue weighted by molar-refractivity contribution is 5.35. The van der Waals surface area contributed by atoms with Crippen LogP contribution in [0.15, 0.2) is 0 Å². The van der Waals surface area contributed by atoms with E-state index in [9.17, 15) is 0 Å². The molecule has 1 aromatic heterocycles. The number of nitrogen functional groups attached to an aromatic ring is 1. The van der Waals surface area contributed by atoms with Crippen LogP contribution in [0.1, 0.15) is 26.7 Å². The summed E-state index contributed by atoms with van der Waals surface area (Å²) in [5.41, 5.74) is 5.62. The van der Waals surface area contributed by atoms with Crippen LogP contribution in [0.4, 0.5) is 11.9 Å². The summed E-state index contributed by atoms with van der Waals surface area (Å²) in [6, 6.07) is 0.222. The molecule has 0 radical (unpaired) electrons. The molecule has 7 nitrogen and oxygen atoms in total. The average molecular weight is 255 g/mol. The maximum Gasteiger partial charge on any atom is 0.323 e. The molecule has 1 rings (SSSR count). The van der Waals surface area contributed by atoms with Crippen LogP contribution in [-0.4, -0.2) is 46.4 Å². The Labute approximate surface area is 107 Å². The summed E-state index contributed by atoms with van der Waals surface area (Å²) in [5.74, 6) is 0.580. The fourth-order valence-corrected chi connectivity index (χ4v) is 1.48. The maximum absolute atomic E-state index is 9.06. The molecule has 7 heteroatoms. The van der Waals surface area contributed by atoms with Gasteiger partial charge in [0.2, 0.25) is 11.9 Å². The molecule has 0 saturated carbocycles. The molecule has 1 aromatic rings. The number of aliphatic hydroxyl groups excluding tert-OH is 1. The van der Waals surface area contributed by atoms with Crippen molar-refractivity contribution in [1.82, 2.24) is 15.0 Å². The van der Waals surface area contributed by atoms with Gasteiger partial charge in [-0.25, -0.2) is 0 Å².